The van der Waals surface area contributed by atoms with E-state index in [2.05, 4.69) is 15.0 Å². The fourth-order valence-corrected chi connectivity index (χ4v) is 2.31. The van der Waals surface area contributed by atoms with E-state index >= 15 is 0 Å². The van der Waals surface area contributed by atoms with Gasteiger partial charge in [-0.05, 0) is 32.0 Å². The Balaban J connectivity index is 2.41. The Morgan fingerprint density at radius 2 is 2.11 bits per heavy atom. The van der Waals surface area contributed by atoms with Gasteiger partial charge < -0.3 is 20.6 Å². The van der Waals surface area contributed by atoms with E-state index in [4.69, 9.17) is 5.41 Å². The number of benzene rings is 1. The quantitative estimate of drug-likeness (QED) is 0.476. The number of nitrogens with zero attached hydrogens (tertiary/aromatic N) is 1. The van der Waals surface area contributed by atoms with Gasteiger partial charge in [0.05, 0.1) is 11.3 Å². The van der Waals surface area contributed by atoms with Crippen molar-refractivity contribution in [2.75, 3.05) is 5.32 Å². The minimum absolute atomic E-state index is 0.0305. The molecule has 0 aliphatic carbocycles. The van der Waals surface area contributed by atoms with E-state index in [9.17, 15) is 23.1 Å². The normalized spacial score (nSPS) is 11.4. The lowest BCUT2D eigenvalue weighted by Crippen LogP contribution is -2.24. The number of nitrogens with one attached hydrogen (secondary N) is 2. The van der Waals surface area contributed by atoms with Crippen molar-refractivity contribution in [2.45, 2.75) is 32.5 Å². The number of alkyl halides is 2. The molecule has 0 amide bonds. The first kappa shape index (κ1) is 20.4. The molecule has 0 bridgehead atoms. The maximum Gasteiger partial charge on any atom is 0.387 e. The van der Waals surface area contributed by atoms with Crippen LogP contribution < -0.4 is 10.1 Å². The molecule has 1 heterocycles. The minimum Gasteiger partial charge on any atom is -0.435 e. The fourth-order valence-electron chi connectivity index (χ4n) is 2.31. The number of carbonyl (C=O) groups is 1. The zero-order chi connectivity index (χ0) is 20.2. The van der Waals surface area contributed by atoms with Gasteiger partial charge in [0.25, 0.3) is 0 Å². The largest absolute Gasteiger partial charge is 0.435 e. The lowest BCUT2D eigenvalue weighted by Gasteiger charge is -2.19. The highest BCUT2D eigenvalue weighted by atomic mass is 19.3. The summed E-state index contributed by atoms with van der Waals surface area (Å²) in [6.45, 7) is -0.0451. The van der Waals surface area contributed by atoms with E-state index < -0.39 is 18.0 Å². The number of hydrogen-bond acceptors (Lipinski definition) is 6. The minimum atomic E-state index is -3.07. The Kier molecular flexibility index (Phi) is 6.17. The van der Waals surface area contributed by atoms with Crippen LogP contribution in [0.1, 0.15) is 36.2 Å². The van der Waals surface area contributed by atoms with Gasteiger partial charge in [-0.1, -0.05) is 0 Å². The van der Waals surface area contributed by atoms with Crippen molar-refractivity contribution in [3.05, 3.63) is 47.4 Å². The first-order chi connectivity index (χ1) is 12.6. The second-order valence-corrected chi connectivity index (χ2v) is 6.40. The summed E-state index contributed by atoms with van der Waals surface area (Å²) in [6.07, 6.45) is 1.70. The van der Waals surface area contributed by atoms with E-state index in [1.165, 1.54) is 26.1 Å². The van der Waals surface area contributed by atoms with Crippen LogP contribution in [0.2, 0.25) is 0 Å². The average Bonchev–Trinajstić information content (AvgIpc) is 2.56. The van der Waals surface area contributed by atoms with Crippen molar-refractivity contribution in [1.29, 1.82) is 5.41 Å². The number of aldehydes is 1. The predicted octanol–water partition coefficient (Wildman–Crippen LogP) is 3.91. The van der Waals surface area contributed by atoms with E-state index in [1.54, 1.807) is 0 Å². The Morgan fingerprint density at radius 3 is 2.70 bits per heavy atom. The third-order valence-electron chi connectivity index (χ3n) is 3.40. The Bertz CT molecular complexity index is 851. The lowest BCUT2D eigenvalue weighted by molar-refractivity contribution is -0.0498. The SMILES string of the molecule is CC(C)(O)CC(=N)c1cc(C=O)cnc1Nc1cc(OC(F)F)ccc1F. The van der Waals surface area contributed by atoms with Gasteiger partial charge in [-0.25, -0.2) is 9.37 Å². The Morgan fingerprint density at radius 1 is 1.41 bits per heavy atom. The van der Waals surface area contributed by atoms with Crippen molar-refractivity contribution >= 4 is 23.5 Å². The molecule has 0 saturated carbocycles. The molecule has 0 fully saturated rings. The van der Waals surface area contributed by atoms with E-state index in [-0.39, 0.29) is 40.5 Å². The smallest absolute Gasteiger partial charge is 0.387 e. The molecular weight excluding hydrogens is 363 g/mol. The van der Waals surface area contributed by atoms with Crippen molar-refractivity contribution in [3.8, 4) is 5.75 Å². The van der Waals surface area contributed by atoms with Crippen LogP contribution in [0, 0.1) is 11.2 Å². The molecule has 6 nitrogen and oxygen atoms in total. The van der Waals surface area contributed by atoms with Gasteiger partial charge in [-0.15, -0.1) is 0 Å². The monoisotopic (exact) mass is 381 g/mol. The second kappa shape index (κ2) is 8.17. The highest BCUT2D eigenvalue weighted by molar-refractivity contribution is 6.04. The topological polar surface area (TPSA) is 95.3 Å². The average molecular weight is 381 g/mol. The first-order valence-electron chi connectivity index (χ1n) is 7.86. The maximum absolute atomic E-state index is 14.1. The number of rotatable bonds is 8. The third-order valence-corrected chi connectivity index (χ3v) is 3.40. The molecule has 1 aromatic carbocycles. The predicted molar refractivity (Wildman–Crippen MR) is 93.7 cm³/mol. The number of hydrogen-bond donors (Lipinski definition) is 3. The molecule has 0 saturated heterocycles. The summed E-state index contributed by atoms with van der Waals surface area (Å²) in [5.74, 6) is -0.979. The molecule has 0 spiro atoms. The summed E-state index contributed by atoms with van der Waals surface area (Å²) >= 11 is 0. The molecule has 0 radical (unpaired) electrons. The molecule has 0 aliphatic rings. The highest BCUT2D eigenvalue weighted by Crippen LogP contribution is 2.28. The van der Waals surface area contributed by atoms with E-state index in [0.717, 1.165) is 18.2 Å². The molecule has 9 heteroatoms. The van der Waals surface area contributed by atoms with Crippen LogP contribution in [0.4, 0.5) is 24.7 Å². The van der Waals surface area contributed by atoms with Crippen LogP contribution >= 0.6 is 0 Å². The molecule has 0 unspecified atom stereocenters. The van der Waals surface area contributed by atoms with Crippen LogP contribution in [-0.2, 0) is 0 Å². The Hall–Kier alpha value is -2.94. The van der Waals surface area contributed by atoms with Crippen molar-refractivity contribution in [2.24, 2.45) is 0 Å². The van der Waals surface area contributed by atoms with E-state index in [1.807, 2.05) is 0 Å². The molecular formula is C18H18F3N3O3. The van der Waals surface area contributed by atoms with Crippen LogP contribution in [0.5, 0.6) is 5.75 Å². The van der Waals surface area contributed by atoms with Gasteiger partial charge in [0, 0.05) is 35.5 Å². The highest BCUT2D eigenvalue weighted by Gasteiger charge is 2.20. The molecule has 27 heavy (non-hydrogen) atoms. The molecule has 3 N–H and O–H groups in total. The molecule has 0 aliphatic heterocycles. The molecule has 2 aromatic rings. The van der Waals surface area contributed by atoms with Gasteiger partial charge in [0.15, 0.2) is 6.29 Å². The van der Waals surface area contributed by atoms with Gasteiger partial charge in [-0.2, -0.15) is 8.78 Å². The third kappa shape index (κ3) is 5.78. The van der Waals surface area contributed by atoms with Gasteiger partial charge in [0.1, 0.15) is 17.4 Å². The van der Waals surface area contributed by atoms with Crippen molar-refractivity contribution in [3.63, 3.8) is 0 Å². The lowest BCUT2D eigenvalue weighted by atomic mass is 9.96. The Labute approximate surface area is 153 Å². The van der Waals surface area contributed by atoms with Crippen LogP contribution in [0.3, 0.4) is 0 Å². The maximum atomic E-state index is 14.1. The molecule has 1 aromatic heterocycles. The van der Waals surface area contributed by atoms with Gasteiger partial charge >= 0.3 is 6.61 Å². The second-order valence-electron chi connectivity index (χ2n) is 6.40. The summed E-state index contributed by atoms with van der Waals surface area (Å²) in [5, 5.41) is 20.7. The van der Waals surface area contributed by atoms with Crippen molar-refractivity contribution in [1.82, 2.24) is 4.98 Å². The number of ether oxygens (including phenoxy) is 1. The molecule has 0 atom stereocenters. The standard InChI is InChI=1S/C18H18F3N3O3/c1-18(2,26)7-14(22)12-5-10(9-25)8-23-16(12)24-15-6-11(27-17(20)21)3-4-13(15)19/h3-6,8-9,17,22,26H,7H2,1-2H3,(H,23,24). The first-order valence-corrected chi connectivity index (χ1v) is 7.86. The zero-order valence-electron chi connectivity index (χ0n) is 14.6. The molecule has 144 valence electrons. The summed E-state index contributed by atoms with van der Waals surface area (Å²) in [6, 6.07) is 4.39. The van der Waals surface area contributed by atoms with Crippen LogP contribution in [0.15, 0.2) is 30.5 Å². The van der Waals surface area contributed by atoms with Crippen LogP contribution in [-0.4, -0.2) is 34.3 Å². The summed E-state index contributed by atoms with van der Waals surface area (Å²) in [7, 11) is 0. The fraction of sp³-hybridized carbons (Fsp3) is 0.278. The van der Waals surface area contributed by atoms with E-state index in [0.29, 0.717) is 6.29 Å². The number of aromatic nitrogens is 1. The number of anilines is 2. The van der Waals surface area contributed by atoms with Crippen molar-refractivity contribution < 1.29 is 27.8 Å². The number of aliphatic hydroxyl groups is 1. The van der Waals surface area contributed by atoms with Crippen LogP contribution in [0.25, 0.3) is 0 Å². The number of carbonyl (C=O) groups excluding carboxylic acids is 1. The number of halogens is 3. The molecule has 2 rings (SSSR count). The summed E-state index contributed by atoms with van der Waals surface area (Å²) in [5.41, 5.74) is -1.08. The summed E-state index contributed by atoms with van der Waals surface area (Å²) < 4.78 is 43.0. The van der Waals surface area contributed by atoms with Gasteiger partial charge in [-0.3, -0.25) is 4.79 Å². The zero-order valence-corrected chi connectivity index (χ0v) is 14.6. The summed E-state index contributed by atoms with van der Waals surface area (Å²) in [4.78, 5) is 15.0. The van der Waals surface area contributed by atoms with Gasteiger partial charge in [0.2, 0.25) is 0 Å². The number of pyridine rings is 1.